The van der Waals surface area contributed by atoms with Crippen LogP contribution in [0, 0.1) is 5.92 Å². The lowest BCUT2D eigenvalue weighted by Crippen LogP contribution is -2.64. The topological polar surface area (TPSA) is 69.6 Å². The van der Waals surface area contributed by atoms with E-state index in [-0.39, 0.29) is 5.91 Å². The Morgan fingerprint density at radius 2 is 2.00 bits per heavy atom. The van der Waals surface area contributed by atoms with Crippen molar-refractivity contribution in [1.82, 2.24) is 10.2 Å². The minimum atomic E-state index is -0.833. The molecule has 0 aliphatic carbocycles. The minimum absolute atomic E-state index is 0.0197. The third kappa shape index (κ3) is 2.53. The van der Waals surface area contributed by atoms with Crippen LogP contribution in [0.25, 0.3) is 0 Å². The number of hydrogen-bond acceptors (Lipinski definition) is 3. The molecule has 5 nitrogen and oxygen atoms in total. The fourth-order valence-corrected chi connectivity index (χ4v) is 4.15. The van der Waals surface area contributed by atoms with Crippen molar-refractivity contribution >= 4 is 11.9 Å². The van der Waals surface area contributed by atoms with Gasteiger partial charge in [-0.1, -0.05) is 32.0 Å². The Balaban J connectivity index is 2.19. The molecule has 0 saturated carbocycles. The Hall–Kier alpha value is -1.88. The molecule has 2 N–H and O–H groups in total. The van der Waals surface area contributed by atoms with Crippen molar-refractivity contribution < 1.29 is 14.7 Å². The molecule has 1 aromatic carbocycles. The maximum Gasteiger partial charge on any atom is 0.313 e. The number of fused-ring (bicyclic) bond motifs is 1. The van der Waals surface area contributed by atoms with Gasteiger partial charge in [-0.3, -0.25) is 9.59 Å². The van der Waals surface area contributed by atoms with Crippen molar-refractivity contribution in [3.05, 3.63) is 35.4 Å². The number of rotatable bonds is 3. The molecule has 23 heavy (non-hydrogen) atoms. The van der Waals surface area contributed by atoms with Crippen LogP contribution < -0.4 is 5.32 Å². The lowest BCUT2D eigenvalue weighted by Gasteiger charge is -2.53. The predicted molar refractivity (Wildman–Crippen MR) is 87.5 cm³/mol. The number of aliphatic carboxylic acids is 1. The van der Waals surface area contributed by atoms with Crippen molar-refractivity contribution in [3.8, 4) is 0 Å². The fourth-order valence-electron chi connectivity index (χ4n) is 4.15. The predicted octanol–water partition coefficient (Wildman–Crippen LogP) is 2.09. The van der Waals surface area contributed by atoms with Gasteiger partial charge in [-0.2, -0.15) is 0 Å². The van der Waals surface area contributed by atoms with E-state index >= 15 is 0 Å². The van der Waals surface area contributed by atoms with Crippen LogP contribution in [-0.4, -0.2) is 47.1 Å². The molecule has 0 aromatic heterocycles. The van der Waals surface area contributed by atoms with Gasteiger partial charge in [-0.15, -0.1) is 0 Å². The Morgan fingerprint density at radius 3 is 2.61 bits per heavy atom. The smallest absolute Gasteiger partial charge is 0.313 e. The second-order valence-corrected chi connectivity index (χ2v) is 7.02. The quantitative estimate of drug-likeness (QED) is 0.896. The summed E-state index contributed by atoms with van der Waals surface area (Å²) in [5, 5.41) is 13.3. The van der Waals surface area contributed by atoms with E-state index in [2.05, 4.69) is 19.2 Å². The van der Waals surface area contributed by atoms with Gasteiger partial charge >= 0.3 is 5.97 Å². The molecule has 0 radical (unpaired) electrons. The molecular formula is C18H24N2O3. The van der Waals surface area contributed by atoms with Crippen LogP contribution in [0.1, 0.15) is 48.5 Å². The molecule has 2 heterocycles. The van der Waals surface area contributed by atoms with Crippen molar-refractivity contribution in [2.45, 2.75) is 38.1 Å². The summed E-state index contributed by atoms with van der Waals surface area (Å²) in [7, 11) is 0. The number of carbonyl (C=O) groups excluding carboxylic acids is 1. The van der Waals surface area contributed by atoms with E-state index in [9.17, 15) is 14.7 Å². The van der Waals surface area contributed by atoms with Crippen molar-refractivity contribution in [2.75, 3.05) is 19.6 Å². The lowest BCUT2D eigenvalue weighted by molar-refractivity contribution is -0.144. The molecule has 1 fully saturated rings. The highest BCUT2D eigenvalue weighted by Gasteiger charge is 2.54. The average molecular weight is 316 g/mol. The van der Waals surface area contributed by atoms with E-state index in [0.717, 1.165) is 13.1 Å². The molecule has 1 amide bonds. The molecule has 1 atom stereocenters. The molecule has 1 saturated heterocycles. The van der Waals surface area contributed by atoms with Crippen molar-refractivity contribution in [1.29, 1.82) is 0 Å². The van der Waals surface area contributed by atoms with Gasteiger partial charge in [0.2, 0.25) is 0 Å². The molecule has 124 valence electrons. The summed E-state index contributed by atoms with van der Waals surface area (Å²) in [6.07, 6.45) is 1.35. The van der Waals surface area contributed by atoms with Gasteiger partial charge in [-0.25, -0.2) is 0 Å². The molecule has 5 heteroatoms. The van der Waals surface area contributed by atoms with E-state index < -0.39 is 17.4 Å². The SMILES string of the molecule is CC(C)CN1C(=O)c2ccccc2C(C(=O)O)C12CCNCC2. The molecular weight excluding hydrogens is 292 g/mol. The first-order chi connectivity index (χ1) is 11.0. The molecule has 3 rings (SSSR count). The number of amides is 1. The van der Waals surface area contributed by atoms with Crippen LogP contribution in [0.4, 0.5) is 0 Å². The highest BCUT2D eigenvalue weighted by molar-refractivity contribution is 6.01. The Bertz CT molecular complexity index is 620. The van der Waals surface area contributed by atoms with Gasteiger partial charge in [0.25, 0.3) is 5.91 Å². The summed E-state index contributed by atoms with van der Waals surface area (Å²) in [5.74, 6) is -1.21. The number of carbonyl (C=O) groups is 2. The monoisotopic (exact) mass is 316 g/mol. The number of nitrogens with zero attached hydrogens (tertiary/aromatic N) is 1. The van der Waals surface area contributed by atoms with E-state index in [1.807, 2.05) is 23.1 Å². The Kier molecular flexibility index (Phi) is 4.15. The van der Waals surface area contributed by atoms with Crippen LogP contribution in [0.2, 0.25) is 0 Å². The van der Waals surface area contributed by atoms with Crippen molar-refractivity contribution in [2.24, 2.45) is 5.92 Å². The average Bonchev–Trinajstić information content (AvgIpc) is 2.52. The number of piperidine rings is 1. The van der Waals surface area contributed by atoms with E-state index in [0.29, 0.717) is 36.4 Å². The Morgan fingerprint density at radius 1 is 1.35 bits per heavy atom. The molecule has 2 aliphatic heterocycles. The molecule has 2 aliphatic rings. The van der Waals surface area contributed by atoms with Crippen LogP contribution in [0.15, 0.2) is 24.3 Å². The van der Waals surface area contributed by atoms with E-state index in [1.165, 1.54) is 0 Å². The maximum atomic E-state index is 13.1. The minimum Gasteiger partial charge on any atom is -0.481 e. The van der Waals surface area contributed by atoms with E-state index in [1.54, 1.807) is 6.07 Å². The summed E-state index contributed by atoms with van der Waals surface area (Å²) < 4.78 is 0. The summed E-state index contributed by atoms with van der Waals surface area (Å²) in [5.41, 5.74) is 0.601. The second kappa shape index (κ2) is 5.96. The summed E-state index contributed by atoms with van der Waals surface area (Å²) in [4.78, 5) is 27.1. The first-order valence-corrected chi connectivity index (χ1v) is 8.32. The highest BCUT2D eigenvalue weighted by Crippen LogP contribution is 2.46. The van der Waals surface area contributed by atoms with Gasteiger partial charge < -0.3 is 15.3 Å². The Labute approximate surface area is 136 Å². The number of hydrogen-bond donors (Lipinski definition) is 2. The maximum absolute atomic E-state index is 13.1. The number of benzene rings is 1. The zero-order valence-electron chi connectivity index (χ0n) is 13.7. The molecule has 1 spiro atoms. The van der Waals surface area contributed by atoms with Crippen molar-refractivity contribution in [3.63, 3.8) is 0 Å². The van der Waals surface area contributed by atoms with Gasteiger partial charge in [0.1, 0.15) is 5.92 Å². The third-order valence-corrected chi connectivity index (χ3v) is 5.09. The van der Waals surface area contributed by atoms with E-state index in [4.69, 9.17) is 0 Å². The van der Waals surface area contributed by atoms with Gasteiger partial charge in [0.05, 0.1) is 5.54 Å². The van der Waals surface area contributed by atoms with Gasteiger partial charge in [0.15, 0.2) is 0 Å². The number of carboxylic acid groups (broad SMARTS) is 1. The normalized spacial score (nSPS) is 23.2. The lowest BCUT2D eigenvalue weighted by atomic mass is 9.68. The summed E-state index contributed by atoms with van der Waals surface area (Å²) in [6.45, 7) is 6.22. The molecule has 0 bridgehead atoms. The highest BCUT2D eigenvalue weighted by atomic mass is 16.4. The second-order valence-electron chi connectivity index (χ2n) is 7.02. The third-order valence-electron chi connectivity index (χ3n) is 5.09. The first kappa shape index (κ1) is 16.0. The summed E-state index contributed by atoms with van der Waals surface area (Å²) in [6, 6.07) is 7.20. The van der Waals surface area contributed by atoms with Crippen LogP contribution >= 0.6 is 0 Å². The number of nitrogens with one attached hydrogen (secondary N) is 1. The largest absolute Gasteiger partial charge is 0.481 e. The standard InChI is InChI=1S/C18H24N2O3/c1-12(2)11-20-16(21)14-6-4-3-5-13(14)15(17(22)23)18(20)7-9-19-10-8-18/h3-6,12,15,19H,7-11H2,1-2H3,(H,22,23). The van der Waals surface area contributed by atoms with Gasteiger partial charge in [0, 0.05) is 12.1 Å². The van der Waals surface area contributed by atoms with Crippen LogP contribution in [0.3, 0.4) is 0 Å². The first-order valence-electron chi connectivity index (χ1n) is 8.32. The zero-order chi connectivity index (χ0) is 16.6. The molecule has 1 unspecified atom stereocenters. The summed E-state index contributed by atoms with van der Waals surface area (Å²) >= 11 is 0. The van der Waals surface area contributed by atoms with Crippen LogP contribution in [-0.2, 0) is 4.79 Å². The molecule has 1 aromatic rings. The zero-order valence-corrected chi connectivity index (χ0v) is 13.7. The fraction of sp³-hybridized carbons (Fsp3) is 0.556. The van der Waals surface area contributed by atoms with Gasteiger partial charge in [-0.05, 0) is 43.5 Å². The number of carboxylic acids is 1. The van der Waals surface area contributed by atoms with Crippen LogP contribution in [0.5, 0.6) is 0 Å².